The van der Waals surface area contributed by atoms with E-state index in [1.54, 1.807) is 30.3 Å². The normalized spacial score (nSPS) is 10.7. The zero-order valence-electron chi connectivity index (χ0n) is 15.2. The molecular weight excluding hydrogens is 328 g/mol. The summed E-state index contributed by atoms with van der Waals surface area (Å²) in [6.45, 7) is 2.11. The van der Waals surface area contributed by atoms with Crippen molar-refractivity contribution in [3.05, 3.63) is 64.7 Å². The van der Waals surface area contributed by atoms with Crippen LogP contribution in [0.25, 0.3) is 0 Å². The van der Waals surface area contributed by atoms with Crippen LogP contribution in [0.5, 0.6) is 5.75 Å². The number of benzene rings is 2. The highest BCUT2D eigenvalue weighted by atomic mass is 16.4. The molecule has 0 aliphatic rings. The van der Waals surface area contributed by atoms with Gasteiger partial charge in [0.15, 0.2) is 5.78 Å². The van der Waals surface area contributed by atoms with Gasteiger partial charge in [-0.25, -0.2) is 0 Å². The van der Waals surface area contributed by atoms with Crippen LogP contribution in [0.15, 0.2) is 42.5 Å². The van der Waals surface area contributed by atoms with Crippen LogP contribution < -0.4 is 5.11 Å². The maximum absolute atomic E-state index is 12.2. The van der Waals surface area contributed by atoms with Crippen LogP contribution in [0.2, 0.25) is 0 Å². The van der Waals surface area contributed by atoms with E-state index in [0.717, 1.165) is 43.2 Å². The highest BCUT2D eigenvalue weighted by Gasteiger charge is 2.09. The van der Waals surface area contributed by atoms with Gasteiger partial charge in [0.2, 0.25) is 0 Å². The van der Waals surface area contributed by atoms with Crippen molar-refractivity contribution in [3.8, 4) is 5.75 Å². The lowest BCUT2D eigenvalue weighted by Crippen LogP contribution is -2.21. The molecule has 0 fully saturated rings. The van der Waals surface area contributed by atoms with E-state index < -0.39 is 5.97 Å². The Hall–Kier alpha value is -2.62. The fourth-order valence-electron chi connectivity index (χ4n) is 2.93. The van der Waals surface area contributed by atoms with Crippen molar-refractivity contribution in [1.82, 2.24) is 0 Å². The molecule has 2 rings (SSSR count). The van der Waals surface area contributed by atoms with Crippen LogP contribution in [0, 0.1) is 0 Å². The highest BCUT2D eigenvalue weighted by Crippen LogP contribution is 2.22. The first-order valence-corrected chi connectivity index (χ1v) is 9.16. The molecule has 2 aromatic rings. The second-order valence-electron chi connectivity index (χ2n) is 6.56. The van der Waals surface area contributed by atoms with Gasteiger partial charge in [-0.05, 0) is 60.6 Å². The van der Waals surface area contributed by atoms with E-state index in [1.165, 1.54) is 12.1 Å². The Bertz CT molecular complexity index is 747. The number of rotatable bonds is 10. The number of carboxylic acid groups (broad SMARTS) is 1. The van der Waals surface area contributed by atoms with Crippen LogP contribution in [0.1, 0.15) is 70.9 Å². The van der Waals surface area contributed by atoms with Crippen LogP contribution in [-0.4, -0.2) is 16.9 Å². The molecule has 0 radical (unpaired) electrons. The number of hydrogen-bond donors (Lipinski definition) is 1. The van der Waals surface area contributed by atoms with Gasteiger partial charge in [-0.3, -0.25) is 4.79 Å². The van der Waals surface area contributed by atoms with E-state index in [0.29, 0.717) is 18.4 Å². The van der Waals surface area contributed by atoms with Crippen molar-refractivity contribution < 1.29 is 19.8 Å². The minimum atomic E-state index is -1.18. The Morgan fingerprint density at radius 2 is 1.62 bits per heavy atom. The second-order valence-corrected chi connectivity index (χ2v) is 6.56. The molecule has 0 atom stereocenters. The third-order valence-corrected chi connectivity index (χ3v) is 4.51. The SMILES string of the molecule is CCCCCC(=O)c1ccc(O)c(CCCc2ccc(C(=O)[O-])cc2)c1. The van der Waals surface area contributed by atoms with Crippen molar-refractivity contribution in [3.63, 3.8) is 0 Å². The van der Waals surface area contributed by atoms with Gasteiger partial charge in [0.1, 0.15) is 5.75 Å². The quantitative estimate of drug-likeness (QED) is 0.522. The smallest absolute Gasteiger partial charge is 0.162 e. The fourth-order valence-corrected chi connectivity index (χ4v) is 2.93. The van der Waals surface area contributed by atoms with Gasteiger partial charge >= 0.3 is 0 Å². The maximum atomic E-state index is 12.2. The van der Waals surface area contributed by atoms with E-state index in [1.807, 2.05) is 0 Å². The Morgan fingerprint density at radius 3 is 2.27 bits per heavy atom. The van der Waals surface area contributed by atoms with Gasteiger partial charge in [-0.2, -0.15) is 0 Å². The van der Waals surface area contributed by atoms with Gasteiger partial charge in [0.25, 0.3) is 0 Å². The van der Waals surface area contributed by atoms with Gasteiger partial charge in [-0.1, -0.05) is 44.0 Å². The van der Waals surface area contributed by atoms with Crippen molar-refractivity contribution in [2.75, 3.05) is 0 Å². The molecule has 0 saturated heterocycles. The zero-order chi connectivity index (χ0) is 18.9. The monoisotopic (exact) mass is 353 g/mol. The summed E-state index contributed by atoms with van der Waals surface area (Å²) in [7, 11) is 0. The number of phenolic OH excluding ortho intramolecular Hbond substituents is 1. The summed E-state index contributed by atoms with van der Waals surface area (Å²) in [4.78, 5) is 23.0. The van der Waals surface area contributed by atoms with Gasteiger partial charge in [-0.15, -0.1) is 0 Å². The number of aryl methyl sites for hydroxylation is 2. The summed E-state index contributed by atoms with van der Waals surface area (Å²) in [6.07, 6.45) is 5.79. The number of aromatic carboxylic acids is 1. The lowest BCUT2D eigenvalue weighted by Gasteiger charge is -2.08. The Kier molecular flexibility index (Phi) is 7.39. The molecule has 1 N–H and O–H groups in total. The van der Waals surface area contributed by atoms with Crippen molar-refractivity contribution in [2.24, 2.45) is 0 Å². The van der Waals surface area contributed by atoms with Crippen LogP contribution >= 0.6 is 0 Å². The molecule has 4 nitrogen and oxygen atoms in total. The molecule has 2 aromatic carbocycles. The maximum Gasteiger partial charge on any atom is 0.162 e. The average molecular weight is 353 g/mol. The summed E-state index contributed by atoms with van der Waals surface area (Å²) < 4.78 is 0. The number of ketones is 1. The molecule has 0 aromatic heterocycles. The molecule has 0 aliphatic heterocycles. The molecule has 0 amide bonds. The standard InChI is InChI=1S/C22H26O4/c1-2-3-4-8-20(23)19-13-14-21(24)18(15-19)7-5-6-16-9-11-17(12-10-16)22(25)26/h9-15,24H,2-8H2,1H3,(H,25,26)/p-1. The average Bonchev–Trinajstić information content (AvgIpc) is 2.63. The molecular formula is C22H25O4-. The Labute approximate surface area is 154 Å². The number of phenols is 1. The number of carboxylic acids is 1. The predicted octanol–water partition coefficient (Wildman–Crippen LogP) is 3.69. The molecule has 138 valence electrons. The topological polar surface area (TPSA) is 77.4 Å². The van der Waals surface area contributed by atoms with E-state index >= 15 is 0 Å². The molecule has 0 aliphatic carbocycles. The van der Waals surface area contributed by atoms with Crippen LogP contribution in [0.3, 0.4) is 0 Å². The number of hydrogen-bond acceptors (Lipinski definition) is 4. The summed E-state index contributed by atoms with van der Waals surface area (Å²) in [6, 6.07) is 11.7. The Morgan fingerprint density at radius 1 is 0.923 bits per heavy atom. The second kappa shape index (κ2) is 9.76. The van der Waals surface area contributed by atoms with Crippen molar-refractivity contribution in [2.45, 2.75) is 51.9 Å². The molecule has 0 unspecified atom stereocenters. The minimum Gasteiger partial charge on any atom is -0.545 e. The third-order valence-electron chi connectivity index (χ3n) is 4.51. The lowest BCUT2D eigenvalue weighted by atomic mass is 9.98. The predicted molar refractivity (Wildman–Crippen MR) is 99.4 cm³/mol. The zero-order valence-corrected chi connectivity index (χ0v) is 15.2. The van der Waals surface area contributed by atoms with Gasteiger partial charge in [0, 0.05) is 12.0 Å². The first-order valence-electron chi connectivity index (χ1n) is 9.16. The first kappa shape index (κ1) is 19.7. The van der Waals surface area contributed by atoms with Crippen LogP contribution in [-0.2, 0) is 12.8 Å². The third kappa shape index (κ3) is 5.73. The number of Topliss-reactive ketones (excluding diaryl/α,β-unsaturated/α-hetero) is 1. The van der Waals surface area contributed by atoms with E-state index in [2.05, 4.69) is 6.92 Å². The molecule has 26 heavy (non-hydrogen) atoms. The van der Waals surface area contributed by atoms with E-state index in [4.69, 9.17) is 0 Å². The summed E-state index contributed by atoms with van der Waals surface area (Å²) in [5.74, 6) is -0.845. The minimum absolute atomic E-state index is 0.123. The first-order chi connectivity index (χ1) is 12.5. The molecule has 0 heterocycles. The van der Waals surface area contributed by atoms with Crippen LogP contribution in [0.4, 0.5) is 0 Å². The number of aromatic hydroxyl groups is 1. The number of unbranched alkanes of at least 4 members (excludes halogenated alkanes) is 2. The van der Waals surface area contributed by atoms with Gasteiger partial charge < -0.3 is 15.0 Å². The number of carbonyl (C=O) groups excluding carboxylic acids is 2. The highest BCUT2D eigenvalue weighted by molar-refractivity contribution is 5.96. The summed E-state index contributed by atoms with van der Waals surface area (Å²) in [5.41, 5.74) is 2.63. The molecule has 0 spiro atoms. The largest absolute Gasteiger partial charge is 0.545 e. The van der Waals surface area contributed by atoms with Crippen molar-refractivity contribution >= 4 is 11.8 Å². The molecule has 4 heteroatoms. The Balaban J connectivity index is 1.93. The lowest BCUT2D eigenvalue weighted by molar-refractivity contribution is -0.255. The molecule has 0 saturated carbocycles. The van der Waals surface area contributed by atoms with Crippen molar-refractivity contribution in [1.29, 1.82) is 0 Å². The number of carbonyl (C=O) groups is 2. The summed E-state index contributed by atoms with van der Waals surface area (Å²) >= 11 is 0. The summed E-state index contributed by atoms with van der Waals surface area (Å²) in [5, 5.41) is 20.8. The fraction of sp³-hybridized carbons (Fsp3) is 0.364. The van der Waals surface area contributed by atoms with E-state index in [-0.39, 0.29) is 17.1 Å². The van der Waals surface area contributed by atoms with E-state index in [9.17, 15) is 19.8 Å². The van der Waals surface area contributed by atoms with Gasteiger partial charge in [0.05, 0.1) is 5.97 Å². The molecule has 0 bridgehead atoms.